The average Bonchev–Trinajstić information content (AvgIpc) is 2.69. The molecule has 14 heavy (non-hydrogen) atoms. The summed E-state index contributed by atoms with van der Waals surface area (Å²) in [6, 6.07) is 1.19. The van der Waals surface area contributed by atoms with E-state index >= 15 is 0 Å². The van der Waals surface area contributed by atoms with Crippen LogP contribution in [0.5, 0.6) is 0 Å². The molecule has 2 N–H and O–H groups in total. The summed E-state index contributed by atoms with van der Waals surface area (Å²) in [5, 5.41) is 10.5. The normalized spacial score (nSPS) is 36.8. The highest BCUT2D eigenvalue weighted by Crippen LogP contribution is 2.51. The molecule has 0 saturated heterocycles. The molecule has 3 unspecified atom stereocenters. The van der Waals surface area contributed by atoms with Crippen molar-refractivity contribution in [3.05, 3.63) is 18.0 Å². The molecule has 3 nitrogen and oxygen atoms in total. The van der Waals surface area contributed by atoms with Crippen LogP contribution >= 0.6 is 0 Å². The minimum Gasteiger partial charge on any atom is -0.307 e. The van der Waals surface area contributed by atoms with Gasteiger partial charge in [-0.2, -0.15) is 5.10 Å². The van der Waals surface area contributed by atoms with Gasteiger partial charge in [0, 0.05) is 23.8 Å². The molecule has 0 amide bonds. The highest BCUT2D eigenvalue weighted by atomic mass is 15.1. The Morgan fingerprint density at radius 3 is 2.86 bits per heavy atom. The summed E-state index contributed by atoms with van der Waals surface area (Å²) in [6.07, 6.45) is 8.18. The van der Waals surface area contributed by atoms with Crippen molar-refractivity contribution in [2.45, 2.75) is 38.3 Å². The zero-order valence-corrected chi connectivity index (χ0v) is 8.53. The maximum absolute atomic E-state index is 3.98. The summed E-state index contributed by atoms with van der Waals surface area (Å²) < 4.78 is 0. The van der Waals surface area contributed by atoms with Crippen LogP contribution in [-0.4, -0.2) is 16.2 Å². The number of nitrogens with zero attached hydrogens (tertiary/aromatic N) is 1. The monoisotopic (exact) mass is 191 g/mol. The van der Waals surface area contributed by atoms with Gasteiger partial charge in [0.05, 0.1) is 6.20 Å². The second kappa shape index (κ2) is 3.09. The van der Waals surface area contributed by atoms with Gasteiger partial charge in [-0.1, -0.05) is 0 Å². The molecule has 0 aliphatic heterocycles. The Hall–Kier alpha value is -0.830. The lowest BCUT2D eigenvalue weighted by atomic mass is 10.1. The van der Waals surface area contributed by atoms with E-state index in [4.69, 9.17) is 0 Å². The van der Waals surface area contributed by atoms with Crippen LogP contribution in [0.2, 0.25) is 0 Å². The van der Waals surface area contributed by atoms with E-state index in [1.807, 2.05) is 12.4 Å². The third kappa shape index (κ3) is 1.46. The summed E-state index contributed by atoms with van der Waals surface area (Å²) in [7, 11) is 0. The molecule has 2 aliphatic carbocycles. The minimum absolute atomic E-state index is 0.441. The second-order valence-corrected chi connectivity index (χ2v) is 4.84. The van der Waals surface area contributed by atoms with Crippen molar-refractivity contribution in [2.75, 3.05) is 0 Å². The number of hydrogen-bond donors (Lipinski definition) is 2. The average molecular weight is 191 g/mol. The Morgan fingerprint density at radius 2 is 2.21 bits per heavy atom. The van der Waals surface area contributed by atoms with E-state index in [0.717, 1.165) is 17.9 Å². The van der Waals surface area contributed by atoms with E-state index < -0.39 is 0 Å². The predicted molar refractivity (Wildman–Crippen MR) is 54.8 cm³/mol. The first-order chi connectivity index (χ1) is 6.83. The first-order valence-electron chi connectivity index (χ1n) is 5.57. The molecule has 3 rings (SSSR count). The van der Waals surface area contributed by atoms with Crippen molar-refractivity contribution in [3.63, 3.8) is 0 Å². The van der Waals surface area contributed by atoms with Crippen molar-refractivity contribution >= 4 is 0 Å². The largest absolute Gasteiger partial charge is 0.307 e. The van der Waals surface area contributed by atoms with Gasteiger partial charge in [-0.3, -0.25) is 5.10 Å². The van der Waals surface area contributed by atoms with E-state index in [0.29, 0.717) is 6.04 Å². The van der Waals surface area contributed by atoms with E-state index in [9.17, 15) is 0 Å². The van der Waals surface area contributed by atoms with Gasteiger partial charge in [-0.15, -0.1) is 0 Å². The quantitative estimate of drug-likeness (QED) is 0.765. The Kier molecular flexibility index (Phi) is 1.87. The highest BCUT2D eigenvalue weighted by molar-refractivity contribution is 5.09. The lowest BCUT2D eigenvalue weighted by Crippen LogP contribution is -2.30. The Balaban J connectivity index is 1.57. The number of aromatic amines is 1. The molecule has 2 saturated carbocycles. The molecule has 0 bridgehead atoms. The number of aromatic nitrogens is 2. The fourth-order valence-electron chi connectivity index (χ4n) is 2.80. The number of fused-ring (bicyclic) bond motifs is 1. The van der Waals surface area contributed by atoms with E-state index in [-0.39, 0.29) is 0 Å². The van der Waals surface area contributed by atoms with Gasteiger partial charge in [0.25, 0.3) is 0 Å². The van der Waals surface area contributed by atoms with Gasteiger partial charge in [-0.25, -0.2) is 0 Å². The van der Waals surface area contributed by atoms with Gasteiger partial charge in [0.1, 0.15) is 0 Å². The maximum Gasteiger partial charge on any atom is 0.0534 e. The lowest BCUT2D eigenvalue weighted by molar-refractivity contribution is 0.431. The molecule has 0 aromatic carbocycles. The van der Waals surface area contributed by atoms with Crippen LogP contribution in [0, 0.1) is 11.8 Å². The number of rotatable bonds is 3. The standard InChI is InChI=1S/C11H17N3/c1-7(10-5-12-13-6-10)14-11-3-8-2-9(8)4-11/h5-9,11,14H,2-4H2,1H3,(H,12,13). The predicted octanol–water partition coefficient (Wildman–Crippen LogP) is 1.86. The van der Waals surface area contributed by atoms with Crippen LogP contribution in [-0.2, 0) is 0 Å². The fourth-order valence-corrected chi connectivity index (χ4v) is 2.80. The molecular formula is C11H17N3. The zero-order valence-electron chi connectivity index (χ0n) is 8.53. The number of hydrogen-bond acceptors (Lipinski definition) is 2. The van der Waals surface area contributed by atoms with Crippen molar-refractivity contribution in [3.8, 4) is 0 Å². The van der Waals surface area contributed by atoms with Crippen LogP contribution in [0.3, 0.4) is 0 Å². The van der Waals surface area contributed by atoms with Crippen LogP contribution < -0.4 is 5.32 Å². The first-order valence-corrected chi connectivity index (χ1v) is 5.57. The molecule has 1 aromatic heterocycles. The van der Waals surface area contributed by atoms with Crippen LogP contribution in [0.4, 0.5) is 0 Å². The van der Waals surface area contributed by atoms with E-state index in [1.165, 1.54) is 24.8 Å². The summed E-state index contributed by atoms with van der Waals surface area (Å²) >= 11 is 0. The van der Waals surface area contributed by atoms with E-state index in [1.54, 1.807) is 0 Å². The van der Waals surface area contributed by atoms with Crippen molar-refractivity contribution in [2.24, 2.45) is 11.8 Å². The summed E-state index contributed by atoms with van der Waals surface area (Å²) in [5.74, 6) is 2.12. The summed E-state index contributed by atoms with van der Waals surface area (Å²) in [6.45, 7) is 2.22. The second-order valence-electron chi connectivity index (χ2n) is 4.84. The highest BCUT2D eigenvalue weighted by Gasteiger charge is 2.45. The molecule has 1 aromatic rings. The van der Waals surface area contributed by atoms with Crippen molar-refractivity contribution < 1.29 is 0 Å². The topological polar surface area (TPSA) is 40.7 Å². The summed E-state index contributed by atoms with van der Waals surface area (Å²) in [4.78, 5) is 0. The molecule has 0 radical (unpaired) electrons. The van der Waals surface area contributed by atoms with Gasteiger partial charge < -0.3 is 5.32 Å². The Bertz CT molecular complexity index is 296. The van der Waals surface area contributed by atoms with Crippen molar-refractivity contribution in [1.82, 2.24) is 15.5 Å². The third-order valence-electron chi connectivity index (χ3n) is 3.75. The molecule has 76 valence electrons. The Labute approximate surface area is 84.3 Å². The van der Waals surface area contributed by atoms with Crippen LogP contribution in [0.25, 0.3) is 0 Å². The summed E-state index contributed by atoms with van der Waals surface area (Å²) in [5.41, 5.74) is 1.27. The van der Waals surface area contributed by atoms with E-state index in [2.05, 4.69) is 22.4 Å². The van der Waals surface area contributed by atoms with Gasteiger partial charge in [0.15, 0.2) is 0 Å². The van der Waals surface area contributed by atoms with Crippen LogP contribution in [0.1, 0.15) is 37.8 Å². The molecule has 2 aliphatic rings. The SMILES string of the molecule is CC(NC1CC2CC2C1)c1cn[nH]c1. The maximum atomic E-state index is 3.98. The number of nitrogens with one attached hydrogen (secondary N) is 2. The fraction of sp³-hybridized carbons (Fsp3) is 0.727. The smallest absolute Gasteiger partial charge is 0.0534 e. The number of H-pyrrole nitrogens is 1. The van der Waals surface area contributed by atoms with Gasteiger partial charge in [-0.05, 0) is 38.0 Å². The molecular weight excluding hydrogens is 174 g/mol. The molecule has 1 heterocycles. The van der Waals surface area contributed by atoms with Crippen LogP contribution in [0.15, 0.2) is 12.4 Å². The molecule has 0 spiro atoms. The first kappa shape index (κ1) is 8.48. The zero-order chi connectivity index (χ0) is 9.54. The molecule has 2 fully saturated rings. The molecule has 3 atom stereocenters. The van der Waals surface area contributed by atoms with Gasteiger partial charge >= 0.3 is 0 Å². The molecule has 3 heteroatoms. The third-order valence-corrected chi connectivity index (χ3v) is 3.75. The lowest BCUT2D eigenvalue weighted by Gasteiger charge is -2.19. The minimum atomic E-state index is 0.441. The van der Waals surface area contributed by atoms with Gasteiger partial charge in [0.2, 0.25) is 0 Å². The van der Waals surface area contributed by atoms with Crippen molar-refractivity contribution in [1.29, 1.82) is 0 Å². The Morgan fingerprint density at radius 1 is 1.43 bits per heavy atom.